The Labute approximate surface area is 89.4 Å². The standard InChI is InChI=1S/C9H19N3O3/c1-7(11-5-3-4-6-13)8(14)12-9(15)10-2/h7,11,13H,3-6H2,1-2H3,(H2,10,12,14,15). The molecule has 0 aromatic heterocycles. The maximum Gasteiger partial charge on any atom is 0.321 e. The molecule has 1 unspecified atom stereocenters. The Kier molecular flexibility index (Phi) is 7.57. The van der Waals surface area contributed by atoms with E-state index in [2.05, 4.69) is 16.0 Å². The minimum atomic E-state index is -0.510. The van der Waals surface area contributed by atoms with Gasteiger partial charge in [-0.25, -0.2) is 4.79 Å². The minimum Gasteiger partial charge on any atom is -0.396 e. The number of amides is 3. The van der Waals surface area contributed by atoms with Gasteiger partial charge in [-0.2, -0.15) is 0 Å². The van der Waals surface area contributed by atoms with Gasteiger partial charge >= 0.3 is 6.03 Å². The van der Waals surface area contributed by atoms with Crippen LogP contribution < -0.4 is 16.0 Å². The zero-order valence-corrected chi connectivity index (χ0v) is 9.17. The van der Waals surface area contributed by atoms with Gasteiger partial charge in [0.25, 0.3) is 0 Å². The molecule has 0 aliphatic heterocycles. The average molecular weight is 217 g/mol. The summed E-state index contributed by atoms with van der Waals surface area (Å²) in [7, 11) is 1.45. The quantitative estimate of drug-likeness (QED) is 0.438. The highest BCUT2D eigenvalue weighted by Gasteiger charge is 2.13. The summed E-state index contributed by atoms with van der Waals surface area (Å²) >= 11 is 0. The first kappa shape index (κ1) is 13.9. The summed E-state index contributed by atoms with van der Waals surface area (Å²) < 4.78 is 0. The smallest absolute Gasteiger partial charge is 0.321 e. The molecule has 0 aromatic carbocycles. The van der Waals surface area contributed by atoms with Crippen LogP contribution in [-0.4, -0.2) is 43.3 Å². The molecule has 6 nitrogen and oxygen atoms in total. The topological polar surface area (TPSA) is 90.5 Å². The normalized spacial score (nSPS) is 11.9. The van der Waals surface area contributed by atoms with Gasteiger partial charge in [0, 0.05) is 13.7 Å². The van der Waals surface area contributed by atoms with Gasteiger partial charge in [-0.3, -0.25) is 10.1 Å². The molecule has 4 N–H and O–H groups in total. The summed E-state index contributed by atoms with van der Waals surface area (Å²) in [5.74, 6) is -0.363. The van der Waals surface area contributed by atoms with Crippen molar-refractivity contribution in [3.8, 4) is 0 Å². The molecule has 1 atom stereocenters. The summed E-state index contributed by atoms with van der Waals surface area (Å²) in [5, 5.41) is 15.9. The molecule has 0 radical (unpaired) electrons. The lowest BCUT2D eigenvalue weighted by Crippen LogP contribution is -2.47. The van der Waals surface area contributed by atoms with Crippen LogP contribution in [0.15, 0.2) is 0 Å². The van der Waals surface area contributed by atoms with Crippen LogP contribution in [0.25, 0.3) is 0 Å². The summed E-state index contributed by atoms with van der Waals surface area (Å²) in [5.41, 5.74) is 0. The number of urea groups is 1. The molecule has 6 heteroatoms. The van der Waals surface area contributed by atoms with Crippen LogP contribution in [0.5, 0.6) is 0 Å². The van der Waals surface area contributed by atoms with Crippen LogP contribution in [0.1, 0.15) is 19.8 Å². The maximum absolute atomic E-state index is 11.3. The van der Waals surface area contributed by atoms with Gasteiger partial charge in [-0.15, -0.1) is 0 Å². The van der Waals surface area contributed by atoms with E-state index in [1.807, 2.05) is 0 Å². The number of carbonyl (C=O) groups is 2. The molecular formula is C9H19N3O3. The highest BCUT2D eigenvalue weighted by atomic mass is 16.3. The van der Waals surface area contributed by atoms with E-state index >= 15 is 0 Å². The second-order valence-electron chi connectivity index (χ2n) is 3.17. The predicted molar refractivity (Wildman–Crippen MR) is 56.4 cm³/mol. The number of hydrogen-bond donors (Lipinski definition) is 4. The molecule has 15 heavy (non-hydrogen) atoms. The number of carbonyl (C=O) groups excluding carboxylic acids is 2. The first-order valence-electron chi connectivity index (χ1n) is 4.98. The number of nitrogens with one attached hydrogen (secondary N) is 3. The number of imide groups is 1. The fraction of sp³-hybridized carbons (Fsp3) is 0.778. The van der Waals surface area contributed by atoms with Gasteiger partial charge in [0.2, 0.25) is 5.91 Å². The second kappa shape index (κ2) is 8.19. The second-order valence-corrected chi connectivity index (χ2v) is 3.17. The Bertz CT molecular complexity index is 209. The number of aliphatic hydroxyl groups excluding tert-OH is 1. The number of rotatable bonds is 6. The molecule has 0 heterocycles. The van der Waals surface area contributed by atoms with Crippen LogP contribution in [-0.2, 0) is 4.79 Å². The highest BCUT2D eigenvalue weighted by Crippen LogP contribution is 1.87. The Morgan fingerprint density at radius 2 is 2.00 bits per heavy atom. The van der Waals surface area contributed by atoms with Crippen LogP contribution in [0.2, 0.25) is 0 Å². The van der Waals surface area contributed by atoms with Crippen LogP contribution in [0.3, 0.4) is 0 Å². The van der Waals surface area contributed by atoms with Crippen molar-refractivity contribution in [1.82, 2.24) is 16.0 Å². The van der Waals surface area contributed by atoms with Crippen LogP contribution >= 0.6 is 0 Å². The van der Waals surface area contributed by atoms with Gasteiger partial charge in [-0.05, 0) is 26.3 Å². The van der Waals surface area contributed by atoms with Gasteiger partial charge in [-0.1, -0.05) is 0 Å². The van der Waals surface area contributed by atoms with Crippen molar-refractivity contribution < 1.29 is 14.7 Å². The molecule has 0 saturated carbocycles. The molecule has 0 rings (SSSR count). The summed E-state index contributed by atoms with van der Waals surface area (Å²) in [6, 6.07) is -0.926. The van der Waals surface area contributed by atoms with Crippen molar-refractivity contribution in [3.05, 3.63) is 0 Å². The van der Waals surface area contributed by atoms with Crippen LogP contribution in [0.4, 0.5) is 4.79 Å². The van der Waals surface area contributed by atoms with Crippen molar-refractivity contribution in [3.63, 3.8) is 0 Å². The van der Waals surface area contributed by atoms with E-state index in [0.29, 0.717) is 13.0 Å². The summed E-state index contributed by atoms with van der Waals surface area (Å²) in [6.45, 7) is 2.47. The lowest BCUT2D eigenvalue weighted by atomic mass is 10.2. The van der Waals surface area contributed by atoms with Crippen molar-refractivity contribution >= 4 is 11.9 Å². The molecule has 0 aromatic rings. The lowest BCUT2D eigenvalue weighted by molar-refractivity contribution is -0.121. The van der Waals surface area contributed by atoms with Crippen molar-refractivity contribution in [2.24, 2.45) is 0 Å². The third-order valence-electron chi connectivity index (χ3n) is 1.89. The maximum atomic E-state index is 11.3. The predicted octanol–water partition coefficient (Wildman–Crippen LogP) is -0.807. The third-order valence-corrected chi connectivity index (χ3v) is 1.89. The van der Waals surface area contributed by atoms with Crippen molar-refractivity contribution in [1.29, 1.82) is 0 Å². The summed E-state index contributed by atoms with van der Waals surface area (Å²) in [6.07, 6.45) is 1.50. The van der Waals surface area contributed by atoms with E-state index in [4.69, 9.17) is 5.11 Å². The van der Waals surface area contributed by atoms with Crippen molar-refractivity contribution in [2.45, 2.75) is 25.8 Å². The first-order chi connectivity index (χ1) is 7.11. The Hall–Kier alpha value is -1.14. The van der Waals surface area contributed by atoms with Crippen molar-refractivity contribution in [2.75, 3.05) is 20.2 Å². The minimum absolute atomic E-state index is 0.153. The molecule has 0 spiro atoms. The fourth-order valence-electron chi connectivity index (χ4n) is 0.931. The van der Waals surface area contributed by atoms with E-state index in [1.165, 1.54) is 7.05 Å². The van der Waals surface area contributed by atoms with E-state index in [1.54, 1.807) is 6.92 Å². The molecule has 3 amide bonds. The Balaban J connectivity index is 3.64. The Morgan fingerprint density at radius 1 is 1.33 bits per heavy atom. The SMILES string of the molecule is CNC(=O)NC(=O)C(C)NCCCCO. The molecule has 0 aliphatic carbocycles. The van der Waals surface area contributed by atoms with E-state index in [0.717, 1.165) is 6.42 Å². The number of aliphatic hydroxyl groups is 1. The highest BCUT2D eigenvalue weighted by molar-refractivity contribution is 5.96. The number of unbranched alkanes of at least 4 members (excludes halogenated alkanes) is 1. The van der Waals surface area contributed by atoms with Gasteiger partial charge in [0.1, 0.15) is 0 Å². The first-order valence-corrected chi connectivity index (χ1v) is 4.98. The van der Waals surface area contributed by atoms with E-state index < -0.39 is 12.1 Å². The Morgan fingerprint density at radius 3 is 2.53 bits per heavy atom. The monoisotopic (exact) mass is 217 g/mol. The third kappa shape index (κ3) is 6.87. The molecule has 0 saturated heterocycles. The lowest BCUT2D eigenvalue weighted by Gasteiger charge is -2.12. The van der Waals surface area contributed by atoms with Crippen LogP contribution in [0, 0.1) is 0 Å². The molecule has 0 fully saturated rings. The molecule has 88 valence electrons. The van der Waals surface area contributed by atoms with Gasteiger partial charge < -0.3 is 15.7 Å². The largest absolute Gasteiger partial charge is 0.396 e. The zero-order valence-electron chi connectivity index (χ0n) is 9.17. The van der Waals surface area contributed by atoms with E-state index in [-0.39, 0.29) is 12.5 Å². The van der Waals surface area contributed by atoms with Gasteiger partial charge in [0.05, 0.1) is 6.04 Å². The molecule has 0 aliphatic rings. The van der Waals surface area contributed by atoms with E-state index in [9.17, 15) is 9.59 Å². The molecular weight excluding hydrogens is 198 g/mol. The fourth-order valence-corrected chi connectivity index (χ4v) is 0.931. The number of hydrogen-bond acceptors (Lipinski definition) is 4. The zero-order chi connectivity index (χ0) is 11.7. The average Bonchev–Trinajstić information content (AvgIpc) is 2.23. The summed E-state index contributed by atoms with van der Waals surface area (Å²) in [4.78, 5) is 22.1. The van der Waals surface area contributed by atoms with Gasteiger partial charge in [0.15, 0.2) is 0 Å². The molecule has 0 bridgehead atoms.